The van der Waals surface area contributed by atoms with Crippen molar-refractivity contribution in [3.63, 3.8) is 0 Å². The number of carbonyl (C=O) groups excluding carboxylic acids is 2. The molecule has 0 radical (unpaired) electrons. The maximum atomic E-state index is 11.7. The molecule has 3 nitrogen and oxygen atoms in total. The van der Waals surface area contributed by atoms with E-state index in [-0.39, 0.29) is 11.7 Å². The van der Waals surface area contributed by atoms with Gasteiger partial charge in [0.25, 0.3) is 5.91 Å². The minimum Gasteiger partial charge on any atom is -0.292 e. The zero-order valence-electron chi connectivity index (χ0n) is 9.04. The zero-order valence-corrected chi connectivity index (χ0v) is 9.04. The standard InChI is InChI=1S/C11H17NO2/c1-4-5-8-10(13)9(6-7(2)3)12-11(8)14/h7-8H,4-6H2,1-3H3. The maximum Gasteiger partial charge on any atom is 0.257 e. The summed E-state index contributed by atoms with van der Waals surface area (Å²) in [6, 6.07) is 0. The predicted molar refractivity (Wildman–Crippen MR) is 55.3 cm³/mol. The molecule has 1 amide bonds. The molecule has 0 N–H and O–H groups in total. The molecule has 78 valence electrons. The maximum absolute atomic E-state index is 11.7. The lowest BCUT2D eigenvalue weighted by molar-refractivity contribution is -0.127. The van der Waals surface area contributed by atoms with Gasteiger partial charge >= 0.3 is 0 Å². The van der Waals surface area contributed by atoms with Gasteiger partial charge in [0.2, 0.25) is 0 Å². The summed E-state index contributed by atoms with van der Waals surface area (Å²) in [5.41, 5.74) is 0.489. The largest absolute Gasteiger partial charge is 0.292 e. The molecule has 0 aromatic rings. The molecule has 0 fully saturated rings. The van der Waals surface area contributed by atoms with E-state index in [0.29, 0.717) is 24.5 Å². The van der Waals surface area contributed by atoms with Crippen molar-refractivity contribution >= 4 is 17.4 Å². The molecule has 0 aromatic heterocycles. The van der Waals surface area contributed by atoms with Crippen LogP contribution < -0.4 is 0 Å². The van der Waals surface area contributed by atoms with Crippen molar-refractivity contribution in [2.75, 3.05) is 0 Å². The van der Waals surface area contributed by atoms with Crippen molar-refractivity contribution in [2.45, 2.75) is 40.0 Å². The molecule has 0 bridgehead atoms. The Kier molecular flexibility index (Phi) is 3.55. The number of ketones is 1. The lowest BCUT2D eigenvalue weighted by Crippen LogP contribution is -2.21. The molecular weight excluding hydrogens is 178 g/mol. The molecule has 0 aromatic carbocycles. The van der Waals surface area contributed by atoms with Gasteiger partial charge in [-0.25, -0.2) is 4.99 Å². The average Bonchev–Trinajstić information content (AvgIpc) is 2.32. The van der Waals surface area contributed by atoms with E-state index in [9.17, 15) is 9.59 Å². The fraction of sp³-hybridized carbons (Fsp3) is 0.727. The van der Waals surface area contributed by atoms with E-state index in [2.05, 4.69) is 4.99 Å². The van der Waals surface area contributed by atoms with Crippen LogP contribution in [0.3, 0.4) is 0 Å². The van der Waals surface area contributed by atoms with E-state index >= 15 is 0 Å². The summed E-state index contributed by atoms with van der Waals surface area (Å²) in [4.78, 5) is 26.9. The van der Waals surface area contributed by atoms with Crippen LogP contribution in [0.2, 0.25) is 0 Å². The van der Waals surface area contributed by atoms with Gasteiger partial charge in [0, 0.05) is 0 Å². The van der Waals surface area contributed by atoms with Crippen molar-refractivity contribution in [2.24, 2.45) is 16.8 Å². The van der Waals surface area contributed by atoms with Gasteiger partial charge in [-0.3, -0.25) is 9.59 Å². The van der Waals surface area contributed by atoms with Crippen LogP contribution in [0.15, 0.2) is 4.99 Å². The van der Waals surface area contributed by atoms with Crippen molar-refractivity contribution in [1.82, 2.24) is 0 Å². The molecule has 0 saturated heterocycles. The Hall–Kier alpha value is -0.990. The Morgan fingerprint density at radius 3 is 2.50 bits per heavy atom. The first-order chi connectivity index (χ1) is 6.56. The van der Waals surface area contributed by atoms with Crippen LogP contribution in [0, 0.1) is 11.8 Å². The van der Waals surface area contributed by atoms with Crippen molar-refractivity contribution in [1.29, 1.82) is 0 Å². The second-order valence-corrected chi connectivity index (χ2v) is 4.20. The Morgan fingerprint density at radius 2 is 2.00 bits per heavy atom. The van der Waals surface area contributed by atoms with Crippen LogP contribution in [-0.4, -0.2) is 17.4 Å². The van der Waals surface area contributed by atoms with E-state index in [1.807, 2.05) is 20.8 Å². The molecule has 3 heteroatoms. The van der Waals surface area contributed by atoms with Gasteiger partial charge in [0.05, 0.1) is 5.71 Å². The summed E-state index contributed by atoms with van der Waals surface area (Å²) in [6.07, 6.45) is 2.13. The first-order valence-electron chi connectivity index (χ1n) is 5.21. The van der Waals surface area contributed by atoms with Crippen molar-refractivity contribution in [3.05, 3.63) is 0 Å². The summed E-state index contributed by atoms with van der Waals surface area (Å²) in [5.74, 6) is -0.349. The quantitative estimate of drug-likeness (QED) is 0.644. The number of carbonyl (C=O) groups is 2. The van der Waals surface area contributed by atoms with Crippen LogP contribution in [0.1, 0.15) is 40.0 Å². The molecule has 1 heterocycles. The number of amides is 1. The molecule has 0 aliphatic carbocycles. The number of nitrogens with zero attached hydrogens (tertiary/aromatic N) is 1. The highest BCUT2D eigenvalue weighted by molar-refractivity contribution is 6.49. The molecular formula is C11H17NO2. The predicted octanol–water partition coefficient (Wildman–Crippen LogP) is 2.00. The number of hydrogen-bond acceptors (Lipinski definition) is 2. The highest BCUT2D eigenvalue weighted by Gasteiger charge is 2.35. The van der Waals surface area contributed by atoms with Crippen LogP contribution in [-0.2, 0) is 9.59 Å². The second kappa shape index (κ2) is 4.49. The molecule has 14 heavy (non-hydrogen) atoms. The number of rotatable bonds is 4. The number of Topliss-reactive ketones (excluding diaryl/α,β-unsaturated/α-hetero) is 1. The third kappa shape index (κ3) is 2.28. The number of hydrogen-bond donors (Lipinski definition) is 0. The Morgan fingerprint density at radius 1 is 1.36 bits per heavy atom. The normalized spacial score (nSPS) is 22.0. The van der Waals surface area contributed by atoms with E-state index in [0.717, 1.165) is 6.42 Å². The van der Waals surface area contributed by atoms with Gasteiger partial charge in [-0.05, 0) is 18.8 Å². The smallest absolute Gasteiger partial charge is 0.257 e. The van der Waals surface area contributed by atoms with E-state index in [1.54, 1.807) is 0 Å². The van der Waals surface area contributed by atoms with E-state index in [4.69, 9.17) is 0 Å². The lowest BCUT2D eigenvalue weighted by atomic mass is 9.94. The van der Waals surface area contributed by atoms with Gasteiger partial charge in [0.1, 0.15) is 5.92 Å². The molecule has 1 rings (SSSR count). The third-order valence-electron chi connectivity index (χ3n) is 2.32. The van der Waals surface area contributed by atoms with Gasteiger partial charge in [-0.2, -0.15) is 0 Å². The molecule has 1 unspecified atom stereocenters. The van der Waals surface area contributed by atoms with Gasteiger partial charge in [-0.1, -0.05) is 27.2 Å². The topological polar surface area (TPSA) is 46.5 Å². The summed E-state index contributed by atoms with van der Waals surface area (Å²) in [5, 5.41) is 0. The summed E-state index contributed by atoms with van der Waals surface area (Å²) in [6.45, 7) is 6.02. The van der Waals surface area contributed by atoms with E-state index < -0.39 is 5.92 Å². The fourth-order valence-electron chi connectivity index (χ4n) is 1.66. The Bertz CT molecular complexity index is 279. The molecule has 0 spiro atoms. The highest BCUT2D eigenvalue weighted by Crippen LogP contribution is 2.20. The minimum absolute atomic E-state index is 0.0365. The highest BCUT2D eigenvalue weighted by atomic mass is 16.2. The Labute approximate surface area is 84.6 Å². The molecule has 1 aliphatic heterocycles. The van der Waals surface area contributed by atoms with Crippen molar-refractivity contribution in [3.8, 4) is 0 Å². The van der Waals surface area contributed by atoms with E-state index in [1.165, 1.54) is 0 Å². The third-order valence-corrected chi connectivity index (χ3v) is 2.32. The molecule has 0 saturated carbocycles. The zero-order chi connectivity index (χ0) is 10.7. The second-order valence-electron chi connectivity index (χ2n) is 4.20. The summed E-state index contributed by atoms with van der Waals surface area (Å²) < 4.78 is 0. The van der Waals surface area contributed by atoms with Crippen LogP contribution in [0.5, 0.6) is 0 Å². The lowest BCUT2D eigenvalue weighted by Gasteiger charge is -2.05. The van der Waals surface area contributed by atoms with Gasteiger partial charge < -0.3 is 0 Å². The SMILES string of the molecule is CCCC1C(=O)N=C(CC(C)C)C1=O. The summed E-state index contributed by atoms with van der Waals surface area (Å²) >= 11 is 0. The fourth-order valence-corrected chi connectivity index (χ4v) is 1.66. The Balaban J connectivity index is 2.69. The van der Waals surface area contributed by atoms with Crippen LogP contribution in [0.4, 0.5) is 0 Å². The first kappa shape index (κ1) is 11.1. The van der Waals surface area contributed by atoms with Gasteiger partial charge in [0.15, 0.2) is 5.78 Å². The first-order valence-corrected chi connectivity index (χ1v) is 5.21. The van der Waals surface area contributed by atoms with Crippen molar-refractivity contribution < 1.29 is 9.59 Å². The summed E-state index contributed by atoms with van der Waals surface area (Å²) in [7, 11) is 0. The van der Waals surface area contributed by atoms with Gasteiger partial charge in [-0.15, -0.1) is 0 Å². The average molecular weight is 195 g/mol. The number of aliphatic imine (C=N–C) groups is 1. The minimum atomic E-state index is -0.464. The van der Waals surface area contributed by atoms with Crippen LogP contribution in [0.25, 0.3) is 0 Å². The monoisotopic (exact) mass is 195 g/mol. The molecule has 1 aliphatic rings. The van der Waals surface area contributed by atoms with Crippen LogP contribution >= 0.6 is 0 Å². The molecule has 1 atom stereocenters.